The molecule has 1 amide bonds. The molecule has 0 aromatic heterocycles. The van der Waals surface area contributed by atoms with E-state index in [4.69, 9.17) is 16.6 Å². The lowest BCUT2D eigenvalue weighted by atomic mass is 9.91. The molecule has 70 valence electrons. The van der Waals surface area contributed by atoms with E-state index in [-0.39, 0.29) is 12.8 Å². The molecule has 0 aliphatic heterocycles. The maximum Gasteiger partial charge on any atom is 0.324 e. The molecule has 0 aliphatic rings. The van der Waals surface area contributed by atoms with Crippen molar-refractivity contribution in [3.8, 4) is 0 Å². The maximum atomic E-state index is 10.6. The Bertz CT molecular complexity index is 193. The van der Waals surface area contributed by atoms with Crippen LogP contribution in [0, 0.1) is 0 Å². The van der Waals surface area contributed by atoms with E-state index in [2.05, 4.69) is 0 Å². The zero-order valence-electron chi connectivity index (χ0n) is 7.04. The van der Waals surface area contributed by atoms with Crippen LogP contribution in [0.4, 0.5) is 0 Å². The maximum absolute atomic E-state index is 10.6. The second-order valence-corrected chi connectivity index (χ2v) is 2.85. The standard InChI is InChI=1S/C7H14N2O3/c1-2-3-7(9,6(11)12)4-5(8)10/h2-4,9H2,1H3,(H2,8,10)(H,11,12)/t7-/m0/s1. The Morgan fingerprint density at radius 3 is 2.25 bits per heavy atom. The van der Waals surface area contributed by atoms with Gasteiger partial charge in [-0.2, -0.15) is 0 Å². The van der Waals surface area contributed by atoms with Crippen molar-refractivity contribution in [2.75, 3.05) is 0 Å². The minimum absolute atomic E-state index is 0.255. The minimum atomic E-state index is -1.49. The lowest BCUT2D eigenvalue weighted by Crippen LogP contribution is -2.50. The molecular formula is C7H14N2O3. The summed E-state index contributed by atoms with van der Waals surface area (Å²) in [6.45, 7) is 1.80. The van der Waals surface area contributed by atoms with Crippen molar-refractivity contribution < 1.29 is 14.7 Å². The van der Waals surface area contributed by atoms with Crippen molar-refractivity contribution in [1.29, 1.82) is 0 Å². The summed E-state index contributed by atoms with van der Waals surface area (Å²) < 4.78 is 0. The second kappa shape index (κ2) is 4.06. The van der Waals surface area contributed by atoms with Crippen LogP contribution < -0.4 is 11.5 Å². The number of carbonyl (C=O) groups excluding carboxylic acids is 1. The highest BCUT2D eigenvalue weighted by Crippen LogP contribution is 2.13. The van der Waals surface area contributed by atoms with Crippen molar-refractivity contribution in [2.24, 2.45) is 11.5 Å². The third-order valence-corrected chi connectivity index (χ3v) is 1.61. The van der Waals surface area contributed by atoms with E-state index in [0.717, 1.165) is 0 Å². The van der Waals surface area contributed by atoms with Gasteiger partial charge in [0.05, 0.1) is 6.42 Å². The molecule has 1 atom stereocenters. The number of rotatable bonds is 5. The summed E-state index contributed by atoms with van der Waals surface area (Å²) >= 11 is 0. The van der Waals surface area contributed by atoms with Crippen molar-refractivity contribution in [1.82, 2.24) is 0 Å². The lowest BCUT2D eigenvalue weighted by Gasteiger charge is -2.21. The number of hydrogen-bond donors (Lipinski definition) is 3. The normalized spacial score (nSPS) is 15.2. The first-order valence-corrected chi connectivity index (χ1v) is 3.73. The van der Waals surface area contributed by atoms with Crippen LogP contribution in [-0.2, 0) is 9.59 Å². The van der Waals surface area contributed by atoms with Gasteiger partial charge in [-0.1, -0.05) is 13.3 Å². The highest BCUT2D eigenvalue weighted by molar-refractivity contribution is 5.86. The average molecular weight is 174 g/mol. The molecule has 0 heterocycles. The van der Waals surface area contributed by atoms with Crippen LogP contribution in [0.3, 0.4) is 0 Å². The summed E-state index contributed by atoms with van der Waals surface area (Å²) in [6.07, 6.45) is 0.553. The van der Waals surface area contributed by atoms with E-state index in [0.29, 0.717) is 6.42 Å². The second-order valence-electron chi connectivity index (χ2n) is 2.85. The van der Waals surface area contributed by atoms with E-state index in [1.165, 1.54) is 0 Å². The molecule has 0 spiro atoms. The monoisotopic (exact) mass is 174 g/mol. The van der Waals surface area contributed by atoms with Gasteiger partial charge in [0.15, 0.2) is 0 Å². The fourth-order valence-electron chi connectivity index (χ4n) is 1.03. The third-order valence-electron chi connectivity index (χ3n) is 1.61. The Balaban J connectivity index is 4.38. The van der Waals surface area contributed by atoms with E-state index < -0.39 is 17.4 Å². The van der Waals surface area contributed by atoms with E-state index in [9.17, 15) is 9.59 Å². The number of carboxylic acids is 1. The fraction of sp³-hybridized carbons (Fsp3) is 0.714. The number of hydrogen-bond acceptors (Lipinski definition) is 3. The molecule has 0 saturated carbocycles. The van der Waals surface area contributed by atoms with Gasteiger partial charge in [-0.3, -0.25) is 9.59 Å². The summed E-state index contributed by atoms with van der Waals surface area (Å²) in [5.41, 5.74) is 8.83. The molecule has 0 unspecified atom stereocenters. The fourth-order valence-corrected chi connectivity index (χ4v) is 1.03. The van der Waals surface area contributed by atoms with Gasteiger partial charge in [0.2, 0.25) is 5.91 Å². The predicted molar refractivity (Wildman–Crippen MR) is 43.3 cm³/mol. The molecular weight excluding hydrogens is 160 g/mol. The van der Waals surface area contributed by atoms with Gasteiger partial charge in [0, 0.05) is 0 Å². The molecule has 5 nitrogen and oxygen atoms in total. The zero-order chi connectivity index (χ0) is 9.78. The number of amides is 1. The summed E-state index contributed by atoms with van der Waals surface area (Å²) in [5, 5.41) is 8.68. The van der Waals surface area contributed by atoms with E-state index in [1.807, 2.05) is 0 Å². The van der Waals surface area contributed by atoms with Crippen LogP contribution in [0.15, 0.2) is 0 Å². The average Bonchev–Trinajstić information content (AvgIpc) is 1.85. The Kier molecular flexibility index (Phi) is 3.69. The largest absolute Gasteiger partial charge is 0.480 e. The lowest BCUT2D eigenvalue weighted by molar-refractivity contribution is -0.145. The minimum Gasteiger partial charge on any atom is -0.480 e. The number of nitrogens with two attached hydrogens (primary N) is 2. The summed E-state index contributed by atoms with van der Waals surface area (Å²) in [5.74, 6) is -1.86. The molecule has 5 heteroatoms. The number of carboxylic acid groups (broad SMARTS) is 1. The molecule has 0 aromatic carbocycles. The van der Waals surface area contributed by atoms with Crippen molar-refractivity contribution >= 4 is 11.9 Å². The summed E-state index contributed by atoms with van der Waals surface area (Å²) in [4.78, 5) is 21.1. The SMILES string of the molecule is CCC[C@](N)(CC(N)=O)C(=O)O. The van der Waals surface area contributed by atoms with Crippen molar-refractivity contribution in [2.45, 2.75) is 31.7 Å². The predicted octanol–water partition coefficient (Wildman–Crippen LogP) is -0.556. The first-order chi connectivity index (χ1) is 5.42. The van der Waals surface area contributed by atoms with Crippen LogP contribution in [0.5, 0.6) is 0 Å². The molecule has 0 aromatic rings. The highest BCUT2D eigenvalue weighted by atomic mass is 16.4. The topological polar surface area (TPSA) is 106 Å². The Morgan fingerprint density at radius 2 is 2.00 bits per heavy atom. The van der Waals surface area contributed by atoms with E-state index in [1.54, 1.807) is 6.92 Å². The third kappa shape index (κ3) is 2.87. The van der Waals surface area contributed by atoms with Gasteiger partial charge in [-0.05, 0) is 6.42 Å². The van der Waals surface area contributed by atoms with Crippen LogP contribution in [0.1, 0.15) is 26.2 Å². The quantitative estimate of drug-likeness (QED) is 0.519. The summed E-state index contributed by atoms with van der Waals surface area (Å²) in [6, 6.07) is 0. The van der Waals surface area contributed by atoms with Crippen LogP contribution in [-0.4, -0.2) is 22.5 Å². The van der Waals surface area contributed by atoms with Crippen molar-refractivity contribution in [3.63, 3.8) is 0 Å². The van der Waals surface area contributed by atoms with Crippen LogP contribution >= 0.6 is 0 Å². The first kappa shape index (κ1) is 10.9. The molecule has 0 rings (SSSR count). The molecule has 0 aliphatic carbocycles. The number of primary amides is 1. The molecule has 0 radical (unpaired) electrons. The Hall–Kier alpha value is -1.10. The van der Waals surface area contributed by atoms with Gasteiger partial charge < -0.3 is 16.6 Å². The highest BCUT2D eigenvalue weighted by Gasteiger charge is 2.34. The Labute approximate surface area is 70.7 Å². The van der Waals surface area contributed by atoms with Gasteiger partial charge in [-0.25, -0.2) is 0 Å². The molecule has 0 fully saturated rings. The number of aliphatic carboxylic acids is 1. The van der Waals surface area contributed by atoms with Gasteiger partial charge in [-0.15, -0.1) is 0 Å². The molecule has 0 saturated heterocycles. The smallest absolute Gasteiger partial charge is 0.324 e. The van der Waals surface area contributed by atoms with Gasteiger partial charge in [0.1, 0.15) is 5.54 Å². The van der Waals surface area contributed by atoms with Crippen molar-refractivity contribution in [3.05, 3.63) is 0 Å². The summed E-state index contributed by atoms with van der Waals surface area (Å²) in [7, 11) is 0. The molecule has 5 N–H and O–H groups in total. The van der Waals surface area contributed by atoms with Gasteiger partial charge >= 0.3 is 5.97 Å². The van der Waals surface area contributed by atoms with E-state index >= 15 is 0 Å². The van der Waals surface area contributed by atoms with Gasteiger partial charge in [0.25, 0.3) is 0 Å². The zero-order valence-corrected chi connectivity index (χ0v) is 7.04. The number of carbonyl (C=O) groups is 2. The molecule has 0 bridgehead atoms. The molecule has 12 heavy (non-hydrogen) atoms. The van der Waals surface area contributed by atoms with Crippen LogP contribution in [0.2, 0.25) is 0 Å². The Morgan fingerprint density at radius 1 is 1.50 bits per heavy atom. The van der Waals surface area contributed by atoms with Crippen LogP contribution in [0.25, 0.3) is 0 Å². The first-order valence-electron chi connectivity index (χ1n) is 3.73.